The zero-order valence-corrected chi connectivity index (χ0v) is 9.35. The Morgan fingerprint density at radius 3 is 2.78 bits per heavy atom. The fraction of sp³-hybridized carbons (Fsp3) is 0. The van der Waals surface area contributed by atoms with E-state index in [0.717, 1.165) is 0 Å². The monoisotopic (exact) mass is 240 g/mol. The maximum Gasteiger partial charge on any atom is 0.191 e. The van der Waals surface area contributed by atoms with E-state index in [-0.39, 0.29) is 11.2 Å². The van der Waals surface area contributed by atoms with E-state index in [2.05, 4.69) is 9.97 Å². The van der Waals surface area contributed by atoms with Crippen LogP contribution in [-0.4, -0.2) is 9.97 Å². The highest BCUT2D eigenvalue weighted by Gasteiger charge is 2.07. The summed E-state index contributed by atoms with van der Waals surface area (Å²) in [4.78, 5) is 19.0. The fourth-order valence-electron chi connectivity index (χ4n) is 1.90. The number of rotatable bonds is 1. The van der Waals surface area contributed by atoms with Crippen LogP contribution in [-0.2, 0) is 0 Å². The summed E-state index contributed by atoms with van der Waals surface area (Å²) in [6, 6.07) is 11.1. The van der Waals surface area contributed by atoms with Gasteiger partial charge in [0.25, 0.3) is 0 Å². The molecule has 2 heterocycles. The van der Waals surface area contributed by atoms with E-state index in [0.29, 0.717) is 22.3 Å². The van der Waals surface area contributed by atoms with Gasteiger partial charge in [0.15, 0.2) is 5.43 Å². The Morgan fingerprint density at radius 1 is 1.11 bits per heavy atom. The smallest absolute Gasteiger partial charge is 0.191 e. The van der Waals surface area contributed by atoms with E-state index in [1.165, 1.54) is 12.1 Å². The van der Waals surface area contributed by atoms with Crippen molar-refractivity contribution in [2.24, 2.45) is 0 Å². The van der Waals surface area contributed by atoms with Gasteiger partial charge in [0.1, 0.15) is 11.5 Å². The van der Waals surface area contributed by atoms with Crippen LogP contribution in [0.2, 0.25) is 0 Å². The highest BCUT2D eigenvalue weighted by molar-refractivity contribution is 5.77. The van der Waals surface area contributed by atoms with Crippen molar-refractivity contribution in [3.05, 3.63) is 64.7 Å². The molecule has 0 aliphatic heterocycles. The highest BCUT2D eigenvalue weighted by atomic mass is 19.1. The molecule has 0 aliphatic carbocycles. The van der Waals surface area contributed by atoms with E-state index in [1.54, 1.807) is 36.5 Å². The molecule has 0 spiro atoms. The second-order valence-corrected chi connectivity index (χ2v) is 3.93. The summed E-state index contributed by atoms with van der Waals surface area (Å²) in [5.41, 5.74) is 1.09. The molecule has 0 unspecified atom stereocenters. The molecule has 0 bridgehead atoms. The van der Waals surface area contributed by atoms with E-state index < -0.39 is 0 Å². The third-order valence-electron chi connectivity index (χ3n) is 2.77. The summed E-state index contributed by atoms with van der Waals surface area (Å²) >= 11 is 0. The minimum atomic E-state index is -0.372. The third kappa shape index (κ3) is 1.68. The number of aromatic amines is 1. The molecular formula is C14H9FN2O. The molecule has 0 fully saturated rings. The summed E-state index contributed by atoms with van der Waals surface area (Å²) in [5, 5.41) is 0.498. The van der Waals surface area contributed by atoms with Gasteiger partial charge in [-0.3, -0.25) is 4.79 Å². The van der Waals surface area contributed by atoms with E-state index >= 15 is 0 Å². The molecule has 0 atom stereocenters. The van der Waals surface area contributed by atoms with Gasteiger partial charge in [0.05, 0.1) is 11.1 Å². The molecule has 3 rings (SSSR count). The summed E-state index contributed by atoms with van der Waals surface area (Å²) in [5.74, 6) is -0.372. The Labute approximate surface area is 102 Å². The first-order valence-corrected chi connectivity index (χ1v) is 5.48. The van der Waals surface area contributed by atoms with Crippen LogP contribution in [0.15, 0.2) is 53.5 Å². The van der Waals surface area contributed by atoms with Crippen LogP contribution in [0.25, 0.3) is 22.3 Å². The van der Waals surface area contributed by atoms with Gasteiger partial charge < -0.3 is 4.98 Å². The molecule has 0 radical (unpaired) electrons. The van der Waals surface area contributed by atoms with Crippen molar-refractivity contribution in [3.63, 3.8) is 0 Å². The number of halogens is 1. The number of H-pyrrole nitrogens is 1. The first-order valence-electron chi connectivity index (χ1n) is 5.48. The molecule has 3 nitrogen and oxygen atoms in total. The van der Waals surface area contributed by atoms with Crippen molar-refractivity contribution >= 4 is 11.0 Å². The van der Waals surface area contributed by atoms with Crippen molar-refractivity contribution in [2.75, 3.05) is 0 Å². The van der Waals surface area contributed by atoms with Gasteiger partial charge in [-0.05, 0) is 24.3 Å². The average molecular weight is 240 g/mol. The van der Waals surface area contributed by atoms with Gasteiger partial charge in [-0.1, -0.05) is 12.1 Å². The van der Waals surface area contributed by atoms with Gasteiger partial charge >= 0.3 is 0 Å². The summed E-state index contributed by atoms with van der Waals surface area (Å²) in [6.07, 6.45) is 1.59. The molecule has 18 heavy (non-hydrogen) atoms. The minimum Gasteiger partial charge on any atom is -0.339 e. The average Bonchev–Trinajstić information content (AvgIpc) is 2.39. The summed E-state index contributed by atoms with van der Waals surface area (Å²) < 4.78 is 13.7. The van der Waals surface area contributed by atoms with Crippen molar-refractivity contribution in [3.8, 4) is 11.3 Å². The van der Waals surface area contributed by atoms with Gasteiger partial charge in [-0.2, -0.15) is 0 Å². The zero-order valence-electron chi connectivity index (χ0n) is 9.35. The lowest BCUT2D eigenvalue weighted by atomic mass is 10.1. The number of hydrogen-bond donors (Lipinski definition) is 1. The SMILES string of the molecule is O=c1cc(-c2ccccc2F)[nH]c2ncccc12. The summed E-state index contributed by atoms with van der Waals surface area (Å²) in [7, 11) is 0. The van der Waals surface area contributed by atoms with Crippen LogP contribution in [0.1, 0.15) is 0 Å². The van der Waals surface area contributed by atoms with Crippen molar-refractivity contribution < 1.29 is 4.39 Å². The first kappa shape index (κ1) is 10.7. The number of pyridine rings is 2. The molecule has 0 amide bonds. The van der Waals surface area contributed by atoms with Gasteiger partial charge in [0.2, 0.25) is 0 Å². The quantitative estimate of drug-likeness (QED) is 0.710. The normalized spacial score (nSPS) is 10.7. The van der Waals surface area contributed by atoms with E-state index in [1.807, 2.05) is 0 Å². The number of fused-ring (bicyclic) bond motifs is 1. The van der Waals surface area contributed by atoms with Crippen LogP contribution in [0, 0.1) is 5.82 Å². The third-order valence-corrected chi connectivity index (χ3v) is 2.77. The standard InChI is InChI=1S/C14H9FN2O/c15-11-6-2-1-4-9(11)12-8-13(18)10-5-3-7-16-14(10)17-12/h1-8H,(H,16,17,18). The Balaban J connectivity index is 2.32. The molecule has 88 valence electrons. The molecule has 3 aromatic rings. The number of hydrogen-bond acceptors (Lipinski definition) is 2. The molecule has 1 N–H and O–H groups in total. The minimum absolute atomic E-state index is 0.171. The van der Waals surface area contributed by atoms with Crippen LogP contribution in [0.4, 0.5) is 4.39 Å². The van der Waals surface area contributed by atoms with Crippen LogP contribution >= 0.6 is 0 Å². The zero-order chi connectivity index (χ0) is 12.5. The maximum atomic E-state index is 13.7. The first-order chi connectivity index (χ1) is 8.75. The van der Waals surface area contributed by atoms with Gasteiger partial charge in [-0.25, -0.2) is 9.37 Å². The Kier molecular flexibility index (Phi) is 2.41. The predicted octanol–water partition coefficient (Wildman–Crippen LogP) is 2.73. The number of benzene rings is 1. The van der Waals surface area contributed by atoms with Crippen molar-refractivity contribution in [1.29, 1.82) is 0 Å². The molecule has 0 saturated heterocycles. The number of nitrogens with zero attached hydrogens (tertiary/aromatic N) is 1. The molecule has 1 aromatic carbocycles. The lowest BCUT2D eigenvalue weighted by Crippen LogP contribution is -2.04. The topological polar surface area (TPSA) is 45.8 Å². The molecule has 0 aliphatic rings. The molecular weight excluding hydrogens is 231 g/mol. The molecule has 2 aromatic heterocycles. The van der Waals surface area contributed by atoms with Gasteiger partial charge in [0, 0.05) is 17.8 Å². The second-order valence-electron chi connectivity index (χ2n) is 3.93. The lowest BCUT2D eigenvalue weighted by Gasteiger charge is -2.04. The highest BCUT2D eigenvalue weighted by Crippen LogP contribution is 2.20. The largest absolute Gasteiger partial charge is 0.339 e. The maximum absolute atomic E-state index is 13.7. The van der Waals surface area contributed by atoms with Crippen LogP contribution in [0.3, 0.4) is 0 Å². The van der Waals surface area contributed by atoms with E-state index in [4.69, 9.17) is 0 Å². The Hall–Kier alpha value is -2.49. The van der Waals surface area contributed by atoms with Crippen LogP contribution in [0.5, 0.6) is 0 Å². The lowest BCUT2D eigenvalue weighted by molar-refractivity contribution is 0.631. The van der Waals surface area contributed by atoms with Crippen LogP contribution < -0.4 is 5.43 Å². The Bertz CT molecular complexity index is 780. The number of aromatic nitrogens is 2. The number of nitrogens with one attached hydrogen (secondary N) is 1. The van der Waals surface area contributed by atoms with Gasteiger partial charge in [-0.15, -0.1) is 0 Å². The fourth-order valence-corrected chi connectivity index (χ4v) is 1.90. The predicted molar refractivity (Wildman–Crippen MR) is 67.8 cm³/mol. The molecule has 0 saturated carbocycles. The van der Waals surface area contributed by atoms with Crippen molar-refractivity contribution in [2.45, 2.75) is 0 Å². The van der Waals surface area contributed by atoms with E-state index in [9.17, 15) is 9.18 Å². The molecule has 4 heteroatoms. The summed E-state index contributed by atoms with van der Waals surface area (Å²) in [6.45, 7) is 0. The van der Waals surface area contributed by atoms with Crippen molar-refractivity contribution in [1.82, 2.24) is 9.97 Å². The second kappa shape index (κ2) is 4.07. The Morgan fingerprint density at radius 2 is 1.94 bits per heavy atom.